The summed E-state index contributed by atoms with van der Waals surface area (Å²) in [6, 6.07) is 28.4. The fourth-order valence-corrected chi connectivity index (χ4v) is 5.84. The summed E-state index contributed by atoms with van der Waals surface area (Å²) >= 11 is 9.05. The summed E-state index contributed by atoms with van der Waals surface area (Å²) < 4.78 is 6.47. The largest absolute Gasteiger partial charge is 0.494 e. The Bertz CT molecular complexity index is 1830. The first-order chi connectivity index (χ1) is 21.4. The second-order valence-corrected chi connectivity index (χ2v) is 11.8. The Balaban J connectivity index is 1.20. The van der Waals surface area contributed by atoms with Gasteiger partial charge in [-0.15, -0.1) is 11.8 Å². The van der Waals surface area contributed by atoms with E-state index in [2.05, 4.69) is 20.9 Å². The van der Waals surface area contributed by atoms with Crippen LogP contribution in [0.2, 0.25) is 5.02 Å². The van der Waals surface area contributed by atoms with Crippen LogP contribution in [-0.4, -0.2) is 35.1 Å². The average Bonchev–Trinajstić information content (AvgIpc) is 3.43. The molecule has 0 radical (unpaired) electrons. The second-order valence-electron chi connectivity index (χ2n) is 9.30. The Labute approximate surface area is 267 Å². The molecule has 222 valence electrons. The number of thiazole rings is 1. The summed E-state index contributed by atoms with van der Waals surface area (Å²) in [5.41, 5.74) is 2.34. The van der Waals surface area contributed by atoms with Crippen LogP contribution in [0, 0.1) is 0 Å². The molecule has 8 nitrogen and oxygen atoms in total. The van der Waals surface area contributed by atoms with Gasteiger partial charge in [-0.25, -0.2) is 4.98 Å². The van der Waals surface area contributed by atoms with Crippen LogP contribution in [0.5, 0.6) is 5.75 Å². The molecule has 0 aliphatic heterocycles. The first-order valence-corrected chi connectivity index (χ1v) is 15.8. The molecule has 4 aromatic carbocycles. The van der Waals surface area contributed by atoms with Crippen LogP contribution in [0.3, 0.4) is 0 Å². The molecule has 0 fully saturated rings. The zero-order valence-corrected chi connectivity index (χ0v) is 25.9. The van der Waals surface area contributed by atoms with E-state index < -0.39 is 11.8 Å². The summed E-state index contributed by atoms with van der Waals surface area (Å²) in [7, 11) is 0. The lowest BCUT2D eigenvalue weighted by atomic mass is 10.1. The van der Waals surface area contributed by atoms with Gasteiger partial charge in [-0.1, -0.05) is 59.3 Å². The lowest BCUT2D eigenvalue weighted by Gasteiger charge is -2.12. The molecule has 0 atom stereocenters. The number of ether oxygens (including phenoxy) is 1. The Morgan fingerprint density at radius 2 is 1.68 bits per heavy atom. The molecule has 0 bridgehead atoms. The van der Waals surface area contributed by atoms with Crippen molar-refractivity contribution in [3.05, 3.63) is 119 Å². The van der Waals surface area contributed by atoms with Crippen LogP contribution in [0.25, 0.3) is 16.3 Å². The third-order valence-electron chi connectivity index (χ3n) is 6.13. The van der Waals surface area contributed by atoms with Crippen LogP contribution >= 0.6 is 34.7 Å². The minimum atomic E-state index is -0.516. The number of carbonyl (C=O) groups is 3. The van der Waals surface area contributed by atoms with Gasteiger partial charge in [0.15, 0.2) is 5.13 Å². The zero-order valence-electron chi connectivity index (χ0n) is 23.5. The van der Waals surface area contributed by atoms with Gasteiger partial charge in [-0.05, 0) is 79.2 Å². The Kier molecular flexibility index (Phi) is 10.3. The van der Waals surface area contributed by atoms with Gasteiger partial charge in [0.1, 0.15) is 11.4 Å². The molecule has 0 saturated heterocycles. The van der Waals surface area contributed by atoms with Crippen LogP contribution in [-0.2, 0) is 9.59 Å². The molecule has 0 spiro atoms. The molecule has 3 amide bonds. The number of nitrogens with one attached hydrogen (secondary N) is 3. The smallest absolute Gasteiger partial charge is 0.272 e. The molecular formula is C33H27ClN4O4S2. The van der Waals surface area contributed by atoms with Crippen LogP contribution in [0.1, 0.15) is 22.8 Å². The summed E-state index contributed by atoms with van der Waals surface area (Å²) in [5.74, 6) is -0.174. The van der Waals surface area contributed by atoms with E-state index >= 15 is 0 Å². The number of amides is 3. The molecule has 5 aromatic rings. The molecule has 1 aromatic heterocycles. The van der Waals surface area contributed by atoms with Gasteiger partial charge in [0.25, 0.3) is 11.8 Å². The predicted molar refractivity (Wildman–Crippen MR) is 179 cm³/mol. The number of benzene rings is 4. The molecule has 1 heterocycles. The fraction of sp³-hybridized carbons (Fsp3) is 0.0909. The number of hydrogen-bond acceptors (Lipinski definition) is 7. The number of thioether (sulfide) groups is 1. The quantitative estimate of drug-likeness (QED) is 0.102. The topological polar surface area (TPSA) is 109 Å². The summed E-state index contributed by atoms with van der Waals surface area (Å²) in [6.45, 7) is 2.50. The molecule has 3 N–H and O–H groups in total. The van der Waals surface area contributed by atoms with E-state index in [1.54, 1.807) is 78.9 Å². The molecule has 11 heteroatoms. The zero-order chi connectivity index (χ0) is 30.9. The van der Waals surface area contributed by atoms with E-state index in [-0.39, 0.29) is 17.4 Å². The van der Waals surface area contributed by atoms with Crippen molar-refractivity contribution >= 4 is 79.5 Å². The van der Waals surface area contributed by atoms with Crippen LogP contribution in [0.15, 0.2) is 108 Å². The van der Waals surface area contributed by atoms with Crippen molar-refractivity contribution in [1.82, 2.24) is 10.3 Å². The first kappa shape index (κ1) is 30.8. The summed E-state index contributed by atoms with van der Waals surface area (Å²) in [6.07, 6.45) is 1.53. The maximum atomic E-state index is 13.3. The number of carbonyl (C=O) groups excluding carboxylic acids is 3. The lowest BCUT2D eigenvalue weighted by Crippen LogP contribution is -2.30. The fourth-order valence-electron chi connectivity index (χ4n) is 4.04. The predicted octanol–water partition coefficient (Wildman–Crippen LogP) is 7.49. The Morgan fingerprint density at radius 3 is 2.43 bits per heavy atom. The van der Waals surface area contributed by atoms with Gasteiger partial charge in [0.2, 0.25) is 5.91 Å². The molecule has 0 aliphatic rings. The van der Waals surface area contributed by atoms with Gasteiger partial charge < -0.3 is 20.7 Å². The van der Waals surface area contributed by atoms with Crippen molar-refractivity contribution in [1.29, 1.82) is 0 Å². The van der Waals surface area contributed by atoms with E-state index in [1.165, 1.54) is 29.2 Å². The van der Waals surface area contributed by atoms with E-state index in [0.717, 1.165) is 20.9 Å². The number of rotatable bonds is 11. The van der Waals surface area contributed by atoms with Crippen molar-refractivity contribution in [2.45, 2.75) is 11.8 Å². The van der Waals surface area contributed by atoms with Gasteiger partial charge in [-0.3, -0.25) is 14.4 Å². The number of anilines is 2. The van der Waals surface area contributed by atoms with Crippen molar-refractivity contribution in [2.24, 2.45) is 0 Å². The van der Waals surface area contributed by atoms with Gasteiger partial charge >= 0.3 is 0 Å². The normalized spacial score (nSPS) is 11.2. The number of nitrogens with zero attached hydrogens (tertiary/aromatic N) is 1. The average molecular weight is 643 g/mol. The maximum Gasteiger partial charge on any atom is 0.272 e. The molecule has 0 aliphatic carbocycles. The molecule has 0 unspecified atom stereocenters. The minimum Gasteiger partial charge on any atom is -0.494 e. The highest BCUT2D eigenvalue weighted by Crippen LogP contribution is 2.30. The standard InChI is InChI=1S/C33H27ClN4O4S2/c1-2-42-24-14-17-27-29(19-24)44-33(37-27)38-30(39)20-43-25-15-12-23(13-16-25)35-32(41)28(18-22-10-6-7-11-26(22)34)36-31(40)21-8-4-3-5-9-21/h3-19H,2,20H2,1H3,(H,35,41)(H,36,40)(H,37,38,39)/b28-18-. The maximum absolute atomic E-state index is 13.3. The first-order valence-electron chi connectivity index (χ1n) is 13.6. The third kappa shape index (κ3) is 8.25. The van der Waals surface area contributed by atoms with Crippen molar-refractivity contribution in [3.8, 4) is 5.75 Å². The van der Waals surface area contributed by atoms with Crippen molar-refractivity contribution in [3.63, 3.8) is 0 Å². The second kappa shape index (κ2) is 14.7. The summed E-state index contributed by atoms with van der Waals surface area (Å²) in [5, 5.41) is 9.34. The highest BCUT2D eigenvalue weighted by molar-refractivity contribution is 8.00. The Hall–Kier alpha value is -4.64. The summed E-state index contributed by atoms with van der Waals surface area (Å²) in [4.78, 5) is 44.0. The monoisotopic (exact) mass is 642 g/mol. The van der Waals surface area contributed by atoms with Gasteiger partial charge in [0, 0.05) is 21.2 Å². The van der Waals surface area contributed by atoms with Crippen molar-refractivity contribution < 1.29 is 19.1 Å². The van der Waals surface area contributed by atoms with Crippen LogP contribution in [0.4, 0.5) is 10.8 Å². The van der Waals surface area contributed by atoms with E-state index in [1.807, 2.05) is 25.1 Å². The SMILES string of the molecule is CCOc1ccc2nc(NC(=O)CSc3ccc(NC(=O)/C(=C/c4ccccc4Cl)NC(=O)c4ccccc4)cc3)sc2c1. The highest BCUT2D eigenvalue weighted by atomic mass is 35.5. The number of fused-ring (bicyclic) bond motifs is 1. The van der Waals surface area contributed by atoms with E-state index in [9.17, 15) is 14.4 Å². The minimum absolute atomic E-state index is 0.0334. The number of aromatic nitrogens is 1. The highest BCUT2D eigenvalue weighted by Gasteiger charge is 2.16. The molecule has 44 heavy (non-hydrogen) atoms. The van der Waals surface area contributed by atoms with Gasteiger partial charge in [0.05, 0.1) is 22.6 Å². The van der Waals surface area contributed by atoms with E-state index in [0.29, 0.717) is 33.6 Å². The molecule has 0 saturated carbocycles. The van der Waals surface area contributed by atoms with Crippen LogP contribution < -0.4 is 20.7 Å². The number of hydrogen-bond donors (Lipinski definition) is 3. The lowest BCUT2D eigenvalue weighted by molar-refractivity contribution is -0.114. The van der Waals surface area contributed by atoms with E-state index in [4.69, 9.17) is 16.3 Å². The number of halogens is 1. The Morgan fingerprint density at radius 1 is 0.932 bits per heavy atom. The molecule has 5 rings (SSSR count). The third-order valence-corrected chi connectivity index (χ3v) is 8.42. The van der Waals surface area contributed by atoms with Crippen molar-refractivity contribution in [2.75, 3.05) is 23.0 Å². The van der Waals surface area contributed by atoms with Gasteiger partial charge in [-0.2, -0.15) is 0 Å². The molecular weight excluding hydrogens is 616 g/mol.